The summed E-state index contributed by atoms with van der Waals surface area (Å²) in [5.41, 5.74) is 2.69. The molecule has 2 amide bonds. The van der Waals surface area contributed by atoms with Crippen molar-refractivity contribution in [3.05, 3.63) is 64.7 Å². The highest BCUT2D eigenvalue weighted by Crippen LogP contribution is 2.32. The fourth-order valence-electron chi connectivity index (χ4n) is 2.93. The molecule has 0 bridgehead atoms. The summed E-state index contributed by atoms with van der Waals surface area (Å²) >= 11 is 6.10. The molecule has 0 saturated carbocycles. The lowest BCUT2D eigenvalue weighted by molar-refractivity contribution is -0.125. The van der Waals surface area contributed by atoms with Crippen LogP contribution in [0.15, 0.2) is 48.5 Å². The van der Waals surface area contributed by atoms with Gasteiger partial charge in [0.1, 0.15) is 6.04 Å². The first-order valence-corrected chi connectivity index (χ1v) is 7.84. The van der Waals surface area contributed by atoms with Crippen LogP contribution in [-0.4, -0.2) is 17.9 Å². The van der Waals surface area contributed by atoms with Gasteiger partial charge < -0.3 is 5.32 Å². The van der Waals surface area contributed by atoms with E-state index in [9.17, 15) is 9.59 Å². The minimum absolute atomic E-state index is 0.132. The average molecular weight is 329 g/mol. The van der Waals surface area contributed by atoms with Crippen LogP contribution in [0.1, 0.15) is 18.1 Å². The SMILES string of the molecule is CC(=O)N1c2ccccc2C[C@H]1C(=O)NCc1ccccc1Cl. The van der Waals surface area contributed by atoms with Crippen LogP contribution in [0.4, 0.5) is 5.69 Å². The quantitative estimate of drug-likeness (QED) is 0.941. The van der Waals surface area contributed by atoms with E-state index >= 15 is 0 Å². The lowest BCUT2D eigenvalue weighted by atomic mass is 10.1. The molecule has 0 spiro atoms. The highest BCUT2D eigenvalue weighted by molar-refractivity contribution is 6.31. The van der Waals surface area contributed by atoms with Crippen molar-refractivity contribution in [1.29, 1.82) is 0 Å². The average Bonchev–Trinajstić information content (AvgIpc) is 2.93. The van der Waals surface area contributed by atoms with Crippen LogP contribution in [0.25, 0.3) is 0 Å². The van der Waals surface area contributed by atoms with Crippen molar-refractivity contribution in [3.8, 4) is 0 Å². The minimum Gasteiger partial charge on any atom is -0.350 e. The van der Waals surface area contributed by atoms with Crippen molar-refractivity contribution in [2.24, 2.45) is 0 Å². The number of fused-ring (bicyclic) bond motifs is 1. The summed E-state index contributed by atoms with van der Waals surface area (Å²) in [4.78, 5) is 26.1. The Morgan fingerprint density at radius 1 is 1.17 bits per heavy atom. The van der Waals surface area contributed by atoms with E-state index in [0.29, 0.717) is 18.0 Å². The van der Waals surface area contributed by atoms with Crippen LogP contribution in [0.3, 0.4) is 0 Å². The van der Waals surface area contributed by atoms with E-state index in [2.05, 4.69) is 5.32 Å². The number of nitrogens with zero attached hydrogens (tertiary/aromatic N) is 1. The number of nitrogens with one attached hydrogen (secondary N) is 1. The van der Waals surface area contributed by atoms with Gasteiger partial charge in [0.05, 0.1) is 0 Å². The number of hydrogen-bond acceptors (Lipinski definition) is 2. The lowest BCUT2D eigenvalue weighted by Crippen LogP contribution is -2.47. The molecule has 0 saturated heterocycles. The van der Waals surface area contributed by atoms with Gasteiger partial charge >= 0.3 is 0 Å². The molecule has 4 nitrogen and oxygen atoms in total. The fraction of sp³-hybridized carbons (Fsp3) is 0.222. The lowest BCUT2D eigenvalue weighted by Gasteiger charge is -2.23. The fourth-order valence-corrected chi connectivity index (χ4v) is 3.13. The Bertz CT molecular complexity index is 760. The maximum atomic E-state index is 12.6. The molecule has 1 heterocycles. The van der Waals surface area contributed by atoms with Gasteiger partial charge in [-0.25, -0.2) is 0 Å². The van der Waals surface area contributed by atoms with Crippen molar-refractivity contribution in [2.75, 3.05) is 4.90 Å². The smallest absolute Gasteiger partial charge is 0.243 e. The van der Waals surface area contributed by atoms with Crippen LogP contribution in [0.5, 0.6) is 0 Å². The van der Waals surface area contributed by atoms with Crippen LogP contribution < -0.4 is 10.2 Å². The van der Waals surface area contributed by atoms with Gasteiger partial charge in [0.25, 0.3) is 0 Å². The third-order valence-electron chi connectivity index (χ3n) is 4.03. The van der Waals surface area contributed by atoms with Crippen LogP contribution in [0, 0.1) is 0 Å². The van der Waals surface area contributed by atoms with Crippen molar-refractivity contribution < 1.29 is 9.59 Å². The summed E-state index contributed by atoms with van der Waals surface area (Å²) in [6, 6.07) is 14.5. The molecule has 1 N–H and O–H groups in total. The summed E-state index contributed by atoms with van der Waals surface area (Å²) in [5.74, 6) is -0.302. The summed E-state index contributed by atoms with van der Waals surface area (Å²) in [5, 5.41) is 3.50. The molecular weight excluding hydrogens is 312 g/mol. The maximum absolute atomic E-state index is 12.6. The summed E-state index contributed by atoms with van der Waals surface area (Å²) < 4.78 is 0. The predicted molar refractivity (Wildman–Crippen MR) is 90.4 cm³/mol. The monoisotopic (exact) mass is 328 g/mol. The van der Waals surface area contributed by atoms with Crippen molar-refractivity contribution >= 4 is 29.1 Å². The second kappa shape index (κ2) is 6.42. The normalized spacial score (nSPS) is 16.1. The molecule has 1 aliphatic heterocycles. The highest BCUT2D eigenvalue weighted by Gasteiger charge is 2.36. The molecule has 118 valence electrons. The van der Waals surface area contributed by atoms with Crippen molar-refractivity contribution in [1.82, 2.24) is 5.32 Å². The summed E-state index contributed by atoms with van der Waals surface area (Å²) in [7, 11) is 0. The van der Waals surface area contributed by atoms with Crippen LogP contribution in [0.2, 0.25) is 5.02 Å². The van der Waals surface area contributed by atoms with Gasteiger partial charge in [-0.3, -0.25) is 14.5 Å². The highest BCUT2D eigenvalue weighted by atomic mass is 35.5. The molecule has 3 rings (SSSR count). The van der Waals surface area contributed by atoms with Gasteiger partial charge in [0.15, 0.2) is 0 Å². The molecule has 0 fully saturated rings. The Labute approximate surface area is 140 Å². The predicted octanol–water partition coefficient (Wildman–Crippen LogP) is 2.93. The molecule has 0 aliphatic carbocycles. The molecule has 2 aromatic carbocycles. The standard InChI is InChI=1S/C18H17ClN2O2/c1-12(22)21-16-9-5-3-6-13(16)10-17(21)18(23)20-11-14-7-2-4-8-15(14)19/h2-9,17H,10-11H2,1H3,(H,20,23)/t17-/m0/s1. The van der Waals surface area contributed by atoms with Crippen LogP contribution in [-0.2, 0) is 22.6 Å². The first kappa shape index (κ1) is 15.6. The number of carbonyl (C=O) groups excluding carboxylic acids is 2. The van der Waals surface area contributed by atoms with Crippen LogP contribution >= 0.6 is 11.6 Å². The van der Waals surface area contributed by atoms with E-state index in [1.165, 1.54) is 6.92 Å². The minimum atomic E-state index is -0.507. The first-order chi connectivity index (χ1) is 11.1. The molecule has 0 aromatic heterocycles. The topological polar surface area (TPSA) is 49.4 Å². The Morgan fingerprint density at radius 2 is 1.87 bits per heavy atom. The summed E-state index contributed by atoms with van der Waals surface area (Å²) in [6.07, 6.45) is 0.532. The molecule has 5 heteroatoms. The Hall–Kier alpha value is -2.33. The third kappa shape index (κ3) is 3.08. The van der Waals surface area contributed by atoms with E-state index in [4.69, 9.17) is 11.6 Å². The Kier molecular flexibility index (Phi) is 4.35. The number of amides is 2. The molecule has 2 aromatic rings. The maximum Gasteiger partial charge on any atom is 0.243 e. The zero-order chi connectivity index (χ0) is 16.4. The molecule has 0 radical (unpaired) electrons. The number of carbonyl (C=O) groups is 2. The van der Waals surface area contributed by atoms with E-state index in [1.807, 2.05) is 42.5 Å². The van der Waals surface area contributed by atoms with Gasteiger partial charge in [-0.15, -0.1) is 0 Å². The molecular formula is C18H17ClN2O2. The summed E-state index contributed by atoms with van der Waals surface area (Å²) in [6.45, 7) is 1.83. The van der Waals surface area contributed by atoms with Gasteiger partial charge in [-0.1, -0.05) is 48.0 Å². The van der Waals surface area contributed by atoms with E-state index < -0.39 is 6.04 Å². The second-order valence-corrected chi connectivity index (χ2v) is 5.95. The number of benzene rings is 2. The van der Waals surface area contributed by atoms with Gasteiger partial charge in [0.2, 0.25) is 11.8 Å². The van der Waals surface area contributed by atoms with Gasteiger partial charge in [-0.05, 0) is 23.3 Å². The van der Waals surface area contributed by atoms with E-state index in [1.54, 1.807) is 11.0 Å². The molecule has 0 unspecified atom stereocenters. The largest absolute Gasteiger partial charge is 0.350 e. The Morgan fingerprint density at radius 3 is 2.61 bits per heavy atom. The number of halogens is 1. The molecule has 1 atom stereocenters. The third-order valence-corrected chi connectivity index (χ3v) is 4.40. The number of rotatable bonds is 3. The van der Waals surface area contributed by atoms with Gasteiger partial charge in [0, 0.05) is 30.6 Å². The molecule has 23 heavy (non-hydrogen) atoms. The zero-order valence-corrected chi connectivity index (χ0v) is 13.5. The van der Waals surface area contributed by atoms with Crippen molar-refractivity contribution in [3.63, 3.8) is 0 Å². The van der Waals surface area contributed by atoms with E-state index in [-0.39, 0.29) is 11.8 Å². The van der Waals surface area contributed by atoms with E-state index in [0.717, 1.165) is 16.8 Å². The number of hydrogen-bond donors (Lipinski definition) is 1. The van der Waals surface area contributed by atoms with Crippen molar-refractivity contribution in [2.45, 2.75) is 25.9 Å². The molecule has 1 aliphatic rings. The number of para-hydroxylation sites is 1. The zero-order valence-electron chi connectivity index (χ0n) is 12.8. The first-order valence-electron chi connectivity index (χ1n) is 7.46. The second-order valence-electron chi connectivity index (χ2n) is 5.55. The number of anilines is 1. The van der Waals surface area contributed by atoms with Gasteiger partial charge in [-0.2, -0.15) is 0 Å². The Balaban J connectivity index is 1.75.